The van der Waals surface area contributed by atoms with Crippen molar-refractivity contribution in [2.45, 2.75) is 26.7 Å². The van der Waals surface area contributed by atoms with Crippen molar-refractivity contribution in [1.29, 1.82) is 0 Å². The number of carbonyl (C=O) groups is 2. The Morgan fingerprint density at radius 3 is 2.31 bits per heavy atom. The minimum atomic E-state index is -0.602. The standard InChI is InChI=1S/C27H23FN2O2/c1-17-13-14-20(18(2)16-17)24-25(29-15-7-9-19-8-3-5-11-22(19)29)27(32)30(26(24)31)23-12-6-4-10-21(23)28/h3-6,8,10-14,16H,7,9,15H2,1-2H3. The lowest BCUT2D eigenvalue weighted by Crippen LogP contribution is -2.37. The van der Waals surface area contributed by atoms with Crippen LogP contribution in [0.4, 0.5) is 15.8 Å². The van der Waals surface area contributed by atoms with E-state index >= 15 is 0 Å². The SMILES string of the molecule is Cc1ccc(C2=C(N3CCCc4ccccc43)C(=O)N(c3ccccc3F)C2=O)c(C)c1. The first kappa shape index (κ1) is 20.2. The molecule has 32 heavy (non-hydrogen) atoms. The van der Waals surface area contributed by atoms with E-state index in [4.69, 9.17) is 0 Å². The van der Waals surface area contributed by atoms with E-state index in [1.165, 1.54) is 12.1 Å². The predicted octanol–water partition coefficient (Wildman–Crippen LogP) is 5.18. The molecule has 0 saturated heterocycles. The molecule has 0 N–H and O–H groups in total. The Hall–Kier alpha value is -3.73. The molecule has 5 heteroatoms. The van der Waals surface area contributed by atoms with Crippen LogP contribution in [0, 0.1) is 19.7 Å². The van der Waals surface area contributed by atoms with E-state index in [2.05, 4.69) is 6.07 Å². The molecule has 2 aliphatic heterocycles. The number of nitrogens with zero attached hydrogens (tertiary/aromatic N) is 2. The van der Waals surface area contributed by atoms with E-state index in [0.29, 0.717) is 23.4 Å². The maximum atomic E-state index is 14.7. The summed E-state index contributed by atoms with van der Waals surface area (Å²) >= 11 is 0. The van der Waals surface area contributed by atoms with E-state index in [1.54, 1.807) is 12.1 Å². The van der Waals surface area contributed by atoms with E-state index < -0.39 is 17.6 Å². The molecule has 0 aromatic heterocycles. The Balaban J connectivity index is 1.75. The van der Waals surface area contributed by atoms with Crippen LogP contribution in [0.15, 0.2) is 72.4 Å². The average Bonchev–Trinajstić information content (AvgIpc) is 3.03. The summed E-state index contributed by atoms with van der Waals surface area (Å²) < 4.78 is 14.7. The molecule has 0 fully saturated rings. The van der Waals surface area contributed by atoms with Crippen molar-refractivity contribution in [2.75, 3.05) is 16.3 Å². The van der Waals surface area contributed by atoms with E-state index in [1.807, 2.05) is 55.1 Å². The molecular weight excluding hydrogens is 403 g/mol. The Bertz CT molecular complexity index is 1290. The molecule has 4 nitrogen and oxygen atoms in total. The van der Waals surface area contributed by atoms with Gasteiger partial charge in [-0.15, -0.1) is 0 Å². The third kappa shape index (κ3) is 3.12. The van der Waals surface area contributed by atoms with Gasteiger partial charge in [0.05, 0.1) is 11.3 Å². The quantitative estimate of drug-likeness (QED) is 0.542. The van der Waals surface area contributed by atoms with Gasteiger partial charge >= 0.3 is 0 Å². The highest BCUT2D eigenvalue weighted by molar-refractivity contribution is 6.46. The van der Waals surface area contributed by atoms with Gasteiger partial charge in [0.2, 0.25) is 0 Å². The molecule has 0 radical (unpaired) electrons. The molecule has 0 unspecified atom stereocenters. The second kappa shape index (κ2) is 7.75. The van der Waals surface area contributed by atoms with Crippen LogP contribution in [0.2, 0.25) is 0 Å². The number of aryl methyl sites for hydroxylation is 3. The van der Waals surface area contributed by atoms with Crippen LogP contribution in [0.5, 0.6) is 0 Å². The van der Waals surface area contributed by atoms with Gasteiger partial charge in [-0.05, 0) is 61.6 Å². The minimum Gasteiger partial charge on any atom is -0.336 e. The fraction of sp³-hybridized carbons (Fsp3) is 0.185. The van der Waals surface area contributed by atoms with Gasteiger partial charge in [0.1, 0.15) is 11.5 Å². The Kier molecular flexibility index (Phi) is 4.89. The van der Waals surface area contributed by atoms with Gasteiger partial charge < -0.3 is 4.90 Å². The first-order chi connectivity index (χ1) is 15.5. The second-order valence-electron chi connectivity index (χ2n) is 8.32. The van der Waals surface area contributed by atoms with Crippen LogP contribution in [-0.2, 0) is 16.0 Å². The van der Waals surface area contributed by atoms with Crippen LogP contribution >= 0.6 is 0 Å². The van der Waals surface area contributed by atoms with Crippen molar-refractivity contribution in [3.05, 3.63) is 100 Å². The zero-order valence-electron chi connectivity index (χ0n) is 18.1. The number of halogens is 1. The Morgan fingerprint density at radius 2 is 1.56 bits per heavy atom. The molecule has 0 saturated carbocycles. The molecule has 3 aromatic carbocycles. The largest absolute Gasteiger partial charge is 0.336 e. The third-order valence-electron chi connectivity index (χ3n) is 6.18. The number of hydrogen-bond acceptors (Lipinski definition) is 3. The number of anilines is 2. The number of hydrogen-bond donors (Lipinski definition) is 0. The van der Waals surface area contributed by atoms with Crippen molar-refractivity contribution >= 4 is 28.8 Å². The first-order valence-corrected chi connectivity index (χ1v) is 10.8. The molecule has 0 aliphatic carbocycles. The van der Waals surface area contributed by atoms with Gasteiger partial charge in [-0.25, -0.2) is 9.29 Å². The molecular formula is C27H23FN2O2. The molecule has 5 rings (SSSR count). The monoisotopic (exact) mass is 426 g/mol. The summed E-state index contributed by atoms with van der Waals surface area (Å²) in [5.41, 5.74) is 5.35. The molecule has 160 valence electrons. The number of benzene rings is 3. The smallest absolute Gasteiger partial charge is 0.282 e. The maximum Gasteiger partial charge on any atom is 0.282 e. The summed E-state index contributed by atoms with van der Waals surface area (Å²) in [4.78, 5) is 30.4. The summed E-state index contributed by atoms with van der Waals surface area (Å²) in [5.74, 6) is -1.59. The van der Waals surface area contributed by atoms with Crippen molar-refractivity contribution in [2.24, 2.45) is 0 Å². The van der Waals surface area contributed by atoms with Crippen molar-refractivity contribution in [1.82, 2.24) is 0 Å². The zero-order chi connectivity index (χ0) is 22.4. The average molecular weight is 426 g/mol. The van der Waals surface area contributed by atoms with E-state index in [9.17, 15) is 14.0 Å². The van der Waals surface area contributed by atoms with Gasteiger partial charge in [0, 0.05) is 12.2 Å². The van der Waals surface area contributed by atoms with E-state index in [0.717, 1.165) is 40.1 Å². The topological polar surface area (TPSA) is 40.6 Å². The summed E-state index contributed by atoms with van der Waals surface area (Å²) in [6.45, 7) is 4.53. The highest BCUT2D eigenvalue weighted by atomic mass is 19.1. The second-order valence-corrected chi connectivity index (χ2v) is 8.32. The van der Waals surface area contributed by atoms with Crippen molar-refractivity contribution < 1.29 is 14.0 Å². The van der Waals surface area contributed by atoms with Crippen molar-refractivity contribution in [3.8, 4) is 0 Å². The summed E-state index contributed by atoms with van der Waals surface area (Å²) in [6, 6.07) is 19.7. The van der Waals surface area contributed by atoms with Crippen LogP contribution in [0.25, 0.3) is 5.57 Å². The molecule has 2 aliphatic rings. The summed E-state index contributed by atoms with van der Waals surface area (Å²) in [7, 11) is 0. The van der Waals surface area contributed by atoms with Crippen LogP contribution < -0.4 is 9.80 Å². The molecule has 0 atom stereocenters. The van der Waals surface area contributed by atoms with Crippen LogP contribution in [0.3, 0.4) is 0 Å². The molecule has 0 bridgehead atoms. The summed E-state index contributed by atoms with van der Waals surface area (Å²) in [5, 5.41) is 0. The lowest BCUT2D eigenvalue weighted by molar-refractivity contribution is -0.120. The number of fused-ring (bicyclic) bond motifs is 1. The number of rotatable bonds is 3. The number of carbonyl (C=O) groups excluding carboxylic acids is 2. The number of imide groups is 1. The first-order valence-electron chi connectivity index (χ1n) is 10.8. The summed E-state index contributed by atoms with van der Waals surface area (Å²) in [6.07, 6.45) is 1.78. The fourth-order valence-corrected chi connectivity index (χ4v) is 4.72. The van der Waals surface area contributed by atoms with Gasteiger partial charge in [0.15, 0.2) is 0 Å². The predicted molar refractivity (Wildman–Crippen MR) is 124 cm³/mol. The number of amides is 2. The van der Waals surface area contributed by atoms with Gasteiger partial charge in [-0.1, -0.05) is 54.1 Å². The molecule has 3 aromatic rings. The minimum absolute atomic E-state index is 0.0231. The normalized spacial score (nSPS) is 16.1. The Morgan fingerprint density at radius 1 is 0.844 bits per heavy atom. The van der Waals surface area contributed by atoms with Crippen molar-refractivity contribution in [3.63, 3.8) is 0 Å². The molecule has 2 heterocycles. The van der Waals surface area contributed by atoms with E-state index in [-0.39, 0.29) is 5.69 Å². The highest BCUT2D eigenvalue weighted by Crippen LogP contribution is 2.40. The van der Waals surface area contributed by atoms with Gasteiger partial charge in [0.25, 0.3) is 11.8 Å². The zero-order valence-corrected chi connectivity index (χ0v) is 18.1. The highest BCUT2D eigenvalue weighted by Gasteiger charge is 2.44. The van der Waals surface area contributed by atoms with Crippen LogP contribution in [0.1, 0.15) is 28.7 Å². The lowest BCUT2D eigenvalue weighted by atomic mass is 9.95. The molecule has 2 amide bonds. The molecule has 0 spiro atoms. The third-order valence-corrected chi connectivity index (χ3v) is 6.18. The Labute approximate surface area is 186 Å². The number of para-hydroxylation sites is 2. The van der Waals surface area contributed by atoms with Crippen LogP contribution in [-0.4, -0.2) is 18.4 Å². The van der Waals surface area contributed by atoms with Gasteiger partial charge in [-0.2, -0.15) is 0 Å². The maximum absolute atomic E-state index is 14.7. The lowest BCUT2D eigenvalue weighted by Gasteiger charge is -2.32. The fourth-order valence-electron chi connectivity index (χ4n) is 4.72. The van der Waals surface area contributed by atoms with Gasteiger partial charge in [-0.3, -0.25) is 9.59 Å².